The standard InChI is InChI=1S/C18H19N3O5/c1-12(14-4-3-5-15(9-14)21(23)24)20(2)18(22)19-10-13-6-7-16-17(8-13)26-11-25-16/h3-9,12H,10-11H2,1-2H3,(H,19,22)/t12-/m1/s1. The van der Waals surface area contributed by atoms with Gasteiger partial charge in [0.15, 0.2) is 11.5 Å². The monoisotopic (exact) mass is 357 g/mol. The number of nitro groups is 1. The molecule has 8 nitrogen and oxygen atoms in total. The second kappa shape index (κ2) is 7.30. The van der Waals surface area contributed by atoms with Crippen LogP contribution in [0.2, 0.25) is 0 Å². The summed E-state index contributed by atoms with van der Waals surface area (Å²) in [5.74, 6) is 1.35. The van der Waals surface area contributed by atoms with E-state index in [1.54, 1.807) is 25.2 Å². The minimum absolute atomic E-state index is 0.00326. The van der Waals surface area contributed by atoms with E-state index >= 15 is 0 Å². The molecule has 0 bridgehead atoms. The van der Waals surface area contributed by atoms with E-state index in [1.807, 2.05) is 19.1 Å². The van der Waals surface area contributed by atoms with Crippen molar-refractivity contribution in [2.45, 2.75) is 19.5 Å². The summed E-state index contributed by atoms with van der Waals surface area (Å²) in [6.45, 7) is 2.36. The zero-order valence-corrected chi connectivity index (χ0v) is 14.5. The summed E-state index contributed by atoms with van der Waals surface area (Å²) in [7, 11) is 1.65. The molecule has 1 aliphatic rings. The molecule has 1 aliphatic heterocycles. The van der Waals surface area contributed by atoms with Crippen LogP contribution in [0, 0.1) is 10.1 Å². The van der Waals surface area contributed by atoms with Gasteiger partial charge in [-0.3, -0.25) is 10.1 Å². The van der Waals surface area contributed by atoms with Crippen molar-refractivity contribution < 1.29 is 19.2 Å². The Kier molecular flexibility index (Phi) is 4.92. The molecule has 0 spiro atoms. The first-order valence-corrected chi connectivity index (χ1v) is 8.09. The predicted octanol–water partition coefficient (Wildman–Crippen LogP) is 3.23. The molecule has 0 fully saturated rings. The fourth-order valence-corrected chi connectivity index (χ4v) is 2.65. The van der Waals surface area contributed by atoms with Crippen LogP contribution >= 0.6 is 0 Å². The molecular weight excluding hydrogens is 338 g/mol. The average molecular weight is 357 g/mol. The molecule has 1 N–H and O–H groups in total. The van der Waals surface area contributed by atoms with Crippen LogP contribution in [0.25, 0.3) is 0 Å². The minimum Gasteiger partial charge on any atom is -0.454 e. The summed E-state index contributed by atoms with van der Waals surface area (Å²) < 4.78 is 10.6. The molecule has 0 saturated carbocycles. The highest BCUT2D eigenvalue weighted by molar-refractivity contribution is 5.74. The number of nitrogens with zero attached hydrogens (tertiary/aromatic N) is 2. The number of ether oxygens (including phenoxy) is 2. The first-order chi connectivity index (χ1) is 12.5. The Balaban J connectivity index is 1.62. The van der Waals surface area contributed by atoms with E-state index in [-0.39, 0.29) is 24.6 Å². The third-order valence-electron chi connectivity index (χ3n) is 4.35. The molecular formula is C18H19N3O5. The Morgan fingerprint density at radius 2 is 2.04 bits per heavy atom. The van der Waals surface area contributed by atoms with E-state index in [0.29, 0.717) is 23.6 Å². The van der Waals surface area contributed by atoms with Crippen molar-refractivity contribution in [1.82, 2.24) is 10.2 Å². The summed E-state index contributed by atoms with van der Waals surface area (Å²) in [5, 5.41) is 13.7. The third-order valence-corrected chi connectivity index (χ3v) is 4.35. The van der Waals surface area contributed by atoms with Crippen LogP contribution in [0.4, 0.5) is 10.5 Å². The van der Waals surface area contributed by atoms with E-state index in [0.717, 1.165) is 5.56 Å². The lowest BCUT2D eigenvalue weighted by Gasteiger charge is -2.25. The Morgan fingerprint density at radius 3 is 2.81 bits per heavy atom. The molecule has 3 rings (SSSR count). The lowest BCUT2D eigenvalue weighted by Crippen LogP contribution is -2.38. The molecule has 2 amide bonds. The number of carbonyl (C=O) groups is 1. The number of nitro benzene ring substituents is 1. The second-order valence-electron chi connectivity index (χ2n) is 5.99. The number of hydrogen-bond donors (Lipinski definition) is 1. The van der Waals surface area contributed by atoms with Gasteiger partial charge >= 0.3 is 6.03 Å². The van der Waals surface area contributed by atoms with Gasteiger partial charge in [0.2, 0.25) is 6.79 Å². The van der Waals surface area contributed by atoms with Crippen LogP contribution in [0.15, 0.2) is 42.5 Å². The Bertz CT molecular complexity index is 839. The van der Waals surface area contributed by atoms with Crippen molar-refractivity contribution in [3.8, 4) is 11.5 Å². The smallest absolute Gasteiger partial charge is 0.317 e. The maximum absolute atomic E-state index is 12.4. The van der Waals surface area contributed by atoms with Gasteiger partial charge in [-0.2, -0.15) is 0 Å². The van der Waals surface area contributed by atoms with E-state index in [2.05, 4.69) is 5.32 Å². The number of rotatable bonds is 5. The van der Waals surface area contributed by atoms with Crippen LogP contribution in [-0.4, -0.2) is 29.7 Å². The predicted molar refractivity (Wildman–Crippen MR) is 94.1 cm³/mol. The molecule has 0 radical (unpaired) electrons. The van der Waals surface area contributed by atoms with Crippen molar-refractivity contribution in [3.63, 3.8) is 0 Å². The molecule has 2 aromatic rings. The number of nitrogens with one attached hydrogen (secondary N) is 1. The highest BCUT2D eigenvalue weighted by atomic mass is 16.7. The summed E-state index contributed by atoms with van der Waals surface area (Å²) in [4.78, 5) is 24.4. The molecule has 26 heavy (non-hydrogen) atoms. The van der Waals surface area contributed by atoms with Crippen molar-refractivity contribution in [2.75, 3.05) is 13.8 Å². The fraction of sp³-hybridized carbons (Fsp3) is 0.278. The average Bonchev–Trinajstić information content (AvgIpc) is 3.12. The molecule has 1 atom stereocenters. The number of benzene rings is 2. The maximum atomic E-state index is 12.4. The first kappa shape index (κ1) is 17.5. The fourth-order valence-electron chi connectivity index (χ4n) is 2.65. The van der Waals surface area contributed by atoms with Crippen LogP contribution in [0.3, 0.4) is 0 Å². The van der Waals surface area contributed by atoms with Crippen LogP contribution < -0.4 is 14.8 Å². The molecule has 136 valence electrons. The first-order valence-electron chi connectivity index (χ1n) is 8.09. The lowest BCUT2D eigenvalue weighted by atomic mass is 10.1. The van der Waals surface area contributed by atoms with Crippen molar-refractivity contribution >= 4 is 11.7 Å². The summed E-state index contributed by atoms with van der Waals surface area (Å²) in [6, 6.07) is 11.2. The van der Waals surface area contributed by atoms with Gasteiger partial charge in [0, 0.05) is 25.7 Å². The molecule has 1 heterocycles. The van der Waals surface area contributed by atoms with Crippen molar-refractivity contribution in [3.05, 3.63) is 63.7 Å². The zero-order valence-electron chi connectivity index (χ0n) is 14.5. The number of fused-ring (bicyclic) bond motifs is 1. The van der Waals surface area contributed by atoms with Crippen LogP contribution in [-0.2, 0) is 6.54 Å². The second-order valence-corrected chi connectivity index (χ2v) is 5.99. The lowest BCUT2D eigenvalue weighted by molar-refractivity contribution is -0.384. The zero-order chi connectivity index (χ0) is 18.7. The number of amides is 2. The Morgan fingerprint density at radius 1 is 1.27 bits per heavy atom. The largest absolute Gasteiger partial charge is 0.454 e. The molecule has 0 unspecified atom stereocenters. The van der Waals surface area contributed by atoms with Gasteiger partial charge in [-0.1, -0.05) is 18.2 Å². The van der Waals surface area contributed by atoms with Gasteiger partial charge in [-0.05, 0) is 30.2 Å². The normalized spacial score (nSPS) is 13.2. The van der Waals surface area contributed by atoms with Gasteiger partial charge in [0.05, 0.1) is 11.0 Å². The number of non-ortho nitro benzene ring substituents is 1. The Hall–Kier alpha value is -3.29. The molecule has 2 aromatic carbocycles. The van der Waals surface area contributed by atoms with Crippen LogP contribution in [0.5, 0.6) is 11.5 Å². The summed E-state index contributed by atoms with van der Waals surface area (Å²) in [6.07, 6.45) is 0. The SMILES string of the molecule is C[C@H](c1cccc([N+](=O)[O-])c1)N(C)C(=O)NCc1ccc2c(c1)OCO2. The van der Waals surface area contributed by atoms with Crippen molar-refractivity contribution in [2.24, 2.45) is 0 Å². The highest BCUT2D eigenvalue weighted by Gasteiger charge is 2.19. The summed E-state index contributed by atoms with van der Waals surface area (Å²) in [5.41, 5.74) is 1.59. The molecule has 0 aromatic heterocycles. The van der Waals surface area contributed by atoms with Crippen LogP contribution in [0.1, 0.15) is 24.1 Å². The Labute approximate surface area is 150 Å². The molecule has 0 saturated heterocycles. The molecule has 0 aliphatic carbocycles. The number of urea groups is 1. The van der Waals surface area contributed by atoms with Gasteiger partial charge in [-0.25, -0.2) is 4.79 Å². The topological polar surface area (TPSA) is 93.9 Å². The van der Waals surface area contributed by atoms with Gasteiger partial charge in [0.1, 0.15) is 0 Å². The van der Waals surface area contributed by atoms with Gasteiger partial charge < -0.3 is 19.7 Å². The number of carbonyl (C=O) groups excluding carboxylic acids is 1. The quantitative estimate of drug-likeness (QED) is 0.655. The van der Waals surface area contributed by atoms with Gasteiger partial charge in [0.25, 0.3) is 5.69 Å². The molecule has 8 heteroatoms. The van der Waals surface area contributed by atoms with E-state index in [1.165, 1.54) is 17.0 Å². The van der Waals surface area contributed by atoms with Crippen molar-refractivity contribution in [1.29, 1.82) is 0 Å². The minimum atomic E-state index is -0.448. The maximum Gasteiger partial charge on any atom is 0.317 e. The van der Waals surface area contributed by atoms with E-state index in [4.69, 9.17) is 9.47 Å². The van der Waals surface area contributed by atoms with E-state index < -0.39 is 4.92 Å². The summed E-state index contributed by atoms with van der Waals surface area (Å²) >= 11 is 0. The number of hydrogen-bond acceptors (Lipinski definition) is 5. The third kappa shape index (κ3) is 3.69. The van der Waals surface area contributed by atoms with E-state index in [9.17, 15) is 14.9 Å². The highest BCUT2D eigenvalue weighted by Crippen LogP contribution is 2.32. The van der Waals surface area contributed by atoms with Gasteiger partial charge in [-0.15, -0.1) is 0 Å².